The van der Waals surface area contributed by atoms with Gasteiger partial charge < -0.3 is 10.6 Å². The second-order valence-electron chi connectivity index (χ2n) is 8.06. The number of anilines is 1. The van der Waals surface area contributed by atoms with E-state index in [1.165, 1.54) is 6.20 Å². The Kier molecular flexibility index (Phi) is 6.12. The van der Waals surface area contributed by atoms with Crippen LogP contribution in [0.3, 0.4) is 0 Å². The number of rotatable bonds is 9. The molecule has 0 spiro atoms. The quantitative estimate of drug-likeness (QED) is 0.545. The van der Waals surface area contributed by atoms with Gasteiger partial charge in [-0.3, -0.25) is 4.79 Å². The highest BCUT2D eigenvalue weighted by molar-refractivity contribution is 6.00. The molecule has 4 rings (SSSR count). The molecule has 1 fully saturated rings. The molecule has 1 amide bonds. The fraction of sp³-hybridized carbons (Fsp3) is 0.435. The number of fused-ring (bicyclic) bond motifs is 1. The average molecular weight is 418 g/mol. The molecule has 1 aliphatic rings. The van der Waals surface area contributed by atoms with Crippen LogP contribution < -0.4 is 10.6 Å². The molecule has 0 saturated heterocycles. The maximum Gasteiger partial charge on any atom is 0.255 e. The second-order valence-corrected chi connectivity index (χ2v) is 8.06. The molecular formula is C23H27N7O. The van der Waals surface area contributed by atoms with Crippen molar-refractivity contribution in [1.29, 1.82) is 5.26 Å². The van der Waals surface area contributed by atoms with E-state index in [1.807, 2.05) is 6.07 Å². The van der Waals surface area contributed by atoms with Gasteiger partial charge in [0.2, 0.25) is 0 Å². The van der Waals surface area contributed by atoms with E-state index in [0.29, 0.717) is 28.6 Å². The van der Waals surface area contributed by atoms with Crippen LogP contribution in [-0.4, -0.2) is 37.7 Å². The van der Waals surface area contributed by atoms with E-state index in [-0.39, 0.29) is 11.9 Å². The lowest BCUT2D eigenvalue weighted by Crippen LogP contribution is -2.35. The number of nitriles is 1. The fourth-order valence-electron chi connectivity index (χ4n) is 3.71. The summed E-state index contributed by atoms with van der Waals surface area (Å²) in [6.07, 6.45) is 11.0. The standard InChI is InChI=1S/C23H27N7O/c1-3-5-17(6-4-2)29-23(31)19-14-25-21(10-20(19)28-18-7-8-18)30-22-16(13-27-30)9-15(11-24)12-26-22/h9-10,12-14,17-18H,3-8H2,1-2H3,(H,25,28)(H,29,31). The molecule has 0 radical (unpaired) electrons. The van der Waals surface area contributed by atoms with Gasteiger partial charge in [0.1, 0.15) is 6.07 Å². The first-order valence-electron chi connectivity index (χ1n) is 10.9. The highest BCUT2D eigenvalue weighted by Gasteiger charge is 2.25. The fourth-order valence-corrected chi connectivity index (χ4v) is 3.71. The number of hydrogen-bond acceptors (Lipinski definition) is 6. The molecule has 0 aromatic carbocycles. The van der Waals surface area contributed by atoms with Gasteiger partial charge in [0, 0.05) is 35.9 Å². The smallest absolute Gasteiger partial charge is 0.255 e. The molecule has 31 heavy (non-hydrogen) atoms. The number of nitrogens with one attached hydrogen (secondary N) is 2. The first-order chi connectivity index (χ1) is 15.1. The van der Waals surface area contributed by atoms with Gasteiger partial charge in [-0.25, -0.2) is 9.97 Å². The Labute approximate surface area is 181 Å². The molecule has 3 heterocycles. The zero-order valence-corrected chi connectivity index (χ0v) is 17.9. The van der Waals surface area contributed by atoms with E-state index in [9.17, 15) is 4.79 Å². The maximum atomic E-state index is 13.1. The molecule has 0 bridgehead atoms. The van der Waals surface area contributed by atoms with Gasteiger partial charge in [-0.05, 0) is 31.7 Å². The number of nitrogens with zero attached hydrogens (tertiary/aromatic N) is 5. The van der Waals surface area contributed by atoms with Crippen LogP contribution >= 0.6 is 0 Å². The summed E-state index contributed by atoms with van der Waals surface area (Å²) in [4.78, 5) is 21.9. The van der Waals surface area contributed by atoms with Crippen molar-refractivity contribution in [2.24, 2.45) is 0 Å². The normalized spacial score (nSPS) is 13.4. The van der Waals surface area contributed by atoms with E-state index in [4.69, 9.17) is 5.26 Å². The summed E-state index contributed by atoms with van der Waals surface area (Å²) in [5, 5.41) is 20.9. The minimum atomic E-state index is -0.101. The lowest BCUT2D eigenvalue weighted by Gasteiger charge is -2.19. The van der Waals surface area contributed by atoms with Gasteiger partial charge in [-0.1, -0.05) is 26.7 Å². The Morgan fingerprint density at radius 1 is 1.19 bits per heavy atom. The zero-order chi connectivity index (χ0) is 21.8. The van der Waals surface area contributed by atoms with Gasteiger partial charge >= 0.3 is 0 Å². The number of hydrogen-bond donors (Lipinski definition) is 2. The van der Waals surface area contributed by atoms with Crippen molar-refractivity contribution in [3.8, 4) is 11.9 Å². The highest BCUT2D eigenvalue weighted by atomic mass is 16.1. The van der Waals surface area contributed by atoms with E-state index < -0.39 is 0 Å². The molecular weight excluding hydrogens is 390 g/mol. The van der Waals surface area contributed by atoms with E-state index in [0.717, 1.165) is 49.6 Å². The number of carbonyl (C=O) groups excluding carboxylic acids is 1. The third-order valence-electron chi connectivity index (χ3n) is 5.43. The molecule has 2 N–H and O–H groups in total. The predicted octanol–water partition coefficient (Wildman–Crippen LogP) is 3.96. The molecule has 160 valence electrons. The molecule has 0 atom stereocenters. The summed E-state index contributed by atoms with van der Waals surface area (Å²) in [7, 11) is 0. The maximum absolute atomic E-state index is 13.1. The summed E-state index contributed by atoms with van der Waals surface area (Å²) in [5.41, 5.74) is 2.40. The van der Waals surface area contributed by atoms with Crippen LogP contribution in [0.15, 0.2) is 30.7 Å². The highest BCUT2D eigenvalue weighted by Crippen LogP contribution is 2.28. The Balaban J connectivity index is 1.66. The van der Waals surface area contributed by atoms with Crippen molar-refractivity contribution in [1.82, 2.24) is 25.1 Å². The van der Waals surface area contributed by atoms with Gasteiger partial charge in [-0.15, -0.1) is 0 Å². The van der Waals surface area contributed by atoms with Crippen LogP contribution in [0.4, 0.5) is 5.69 Å². The Morgan fingerprint density at radius 3 is 2.65 bits per heavy atom. The molecule has 8 heteroatoms. The number of carbonyl (C=O) groups is 1. The molecule has 3 aromatic rings. The predicted molar refractivity (Wildman–Crippen MR) is 119 cm³/mol. The van der Waals surface area contributed by atoms with Crippen molar-refractivity contribution >= 4 is 22.6 Å². The van der Waals surface area contributed by atoms with Crippen molar-refractivity contribution in [2.45, 2.75) is 64.5 Å². The summed E-state index contributed by atoms with van der Waals surface area (Å²) in [5.74, 6) is 0.474. The Hall–Kier alpha value is -3.47. The van der Waals surface area contributed by atoms with Gasteiger partial charge in [0.05, 0.1) is 23.0 Å². The number of aromatic nitrogens is 4. The molecule has 0 aliphatic heterocycles. The molecule has 3 aromatic heterocycles. The van der Waals surface area contributed by atoms with Crippen LogP contribution in [0.1, 0.15) is 68.3 Å². The van der Waals surface area contributed by atoms with Gasteiger partial charge in [0.15, 0.2) is 11.5 Å². The lowest BCUT2D eigenvalue weighted by atomic mass is 10.1. The summed E-state index contributed by atoms with van der Waals surface area (Å²) in [6.45, 7) is 4.26. The molecule has 0 unspecified atom stereocenters. The Morgan fingerprint density at radius 2 is 1.97 bits per heavy atom. The number of pyridine rings is 2. The first-order valence-corrected chi connectivity index (χ1v) is 10.9. The van der Waals surface area contributed by atoms with Crippen molar-refractivity contribution in [3.05, 3.63) is 41.9 Å². The van der Waals surface area contributed by atoms with Crippen LogP contribution in [0, 0.1) is 11.3 Å². The zero-order valence-electron chi connectivity index (χ0n) is 17.9. The van der Waals surface area contributed by atoms with Crippen LogP contribution in [0.2, 0.25) is 0 Å². The SMILES string of the molecule is CCCC(CCC)NC(=O)c1cnc(-n2ncc3cc(C#N)cnc32)cc1NC1CC1. The minimum Gasteiger partial charge on any atom is -0.382 e. The third kappa shape index (κ3) is 4.66. The number of amides is 1. The monoisotopic (exact) mass is 417 g/mol. The van der Waals surface area contributed by atoms with E-state index >= 15 is 0 Å². The van der Waals surface area contributed by atoms with E-state index in [1.54, 1.807) is 23.1 Å². The summed E-state index contributed by atoms with van der Waals surface area (Å²) >= 11 is 0. The average Bonchev–Trinajstić information content (AvgIpc) is 3.49. The summed E-state index contributed by atoms with van der Waals surface area (Å²) < 4.78 is 1.63. The van der Waals surface area contributed by atoms with Crippen LogP contribution in [-0.2, 0) is 0 Å². The first kappa shape index (κ1) is 20.8. The van der Waals surface area contributed by atoms with Crippen LogP contribution in [0.25, 0.3) is 16.9 Å². The Bertz CT molecular complexity index is 1120. The van der Waals surface area contributed by atoms with Crippen molar-refractivity contribution in [3.63, 3.8) is 0 Å². The van der Waals surface area contributed by atoms with E-state index in [2.05, 4.69) is 45.6 Å². The second kappa shape index (κ2) is 9.13. The van der Waals surface area contributed by atoms with Gasteiger partial charge in [0.25, 0.3) is 5.91 Å². The largest absolute Gasteiger partial charge is 0.382 e. The third-order valence-corrected chi connectivity index (χ3v) is 5.43. The minimum absolute atomic E-state index is 0.101. The molecule has 8 nitrogen and oxygen atoms in total. The molecule has 1 saturated carbocycles. The summed E-state index contributed by atoms with van der Waals surface area (Å²) in [6, 6.07) is 6.25. The molecule has 1 aliphatic carbocycles. The lowest BCUT2D eigenvalue weighted by molar-refractivity contribution is 0.0933. The van der Waals surface area contributed by atoms with Crippen molar-refractivity contribution in [2.75, 3.05) is 5.32 Å². The van der Waals surface area contributed by atoms with Gasteiger partial charge in [-0.2, -0.15) is 15.0 Å². The topological polar surface area (TPSA) is 109 Å². The van der Waals surface area contributed by atoms with Crippen molar-refractivity contribution < 1.29 is 4.79 Å². The van der Waals surface area contributed by atoms with Crippen LogP contribution in [0.5, 0.6) is 0 Å².